The molecule has 0 aliphatic heterocycles. The minimum absolute atomic E-state index is 0.0833. The fraction of sp³-hybridized carbons (Fsp3) is 0.333. The number of carboxylic acids is 1. The van der Waals surface area contributed by atoms with Gasteiger partial charge in [-0.1, -0.05) is 0 Å². The third-order valence-electron chi connectivity index (χ3n) is 0.631. The monoisotopic (exact) mass is 144 g/mol. The van der Waals surface area contributed by atoms with E-state index in [4.69, 9.17) is 5.11 Å². The summed E-state index contributed by atoms with van der Waals surface area (Å²) in [6, 6.07) is 0. The Bertz CT molecular complexity index is 180. The summed E-state index contributed by atoms with van der Waals surface area (Å²) in [7, 11) is 0. The first-order chi connectivity index (χ1) is 4.52. The molecule has 0 aromatic rings. The zero-order valence-corrected chi connectivity index (χ0v) is 5.75. The lowest BCUT2D eigenvalue weighted by molar-refractivity contribution is -0.137. The number of aliphatic carboxylic acids is 1. The van der Waals surface area contributed by atoms with Gasteiger partial charge in [-0.2, -0.15) is 0 Å². The van der Waals surface area contributed by atoms with E-state index in [-0.39, 0.29) is 5.76 Å². The number of allylic oxidation sites excluding steroid dienone is 1. The quantitative estimate of drug-likeness (QED) is 0.349. The Morgan fingerprint density at radius 1 is 1.40 bits per heavy atom. The van der Waals surface area contributed by atoms with Crippen molar-refractivity contribution in [3.8, 4) is 0 Å². The SMILES string of the molecule is CC(=O)OC(C)=CC(=O)O. The Balaban J connectivity index is 3.95. The summed E-state index contributed by atoms with van der Waals surface area (Å²) in [6.07, 6.45) is 0.821. The largest absolute Gasteiger partial charge is 0.478 e. The third-order valence-corrected chi connectivity index (χ3v) is 0.631. The zero-order chi connectivity index (χ0) is 8.15. The van der Waals surface area contributed by atoms with Crippen LogP contribution < -0.4 is 0 Å². The molecular formula is C6H8O4. The van der Waals surface area contributed by atoms with E-state index < -0.39 is 11.9 Å². The highest BCUT2D eigenvalue weighted by molar-refractivity contribution is 5.80. The number of carbonyl (C=O) groups is 2. The van der Waals surface area contributed by atoms with Gasteiger partial charge in [0.15, 0.2) is 0 Å². The fourth-order valence-corrected chi connectivity index (χ4v) is 0.430. The summed E-state index contributed by atoms with van der Waals surface area (Å²) in [5.41, 5.74) is 0. The number of carbonyl (C=O) groups excluding carboxylic acids is 1. The first-order valence-electron chi connectivity index (χ1n) is 2.62. The molecule has 10 heavy (non-hydrogen) atoms. The lowest BCUT2D eigenvalue weighted by Crippen LogP contribution is -1.98. The van der Waals surface area contributed by atoms with Crippen LogP contribution in [0.1, 0.15) is 13.8 Å². The maximum absolute atomic E-state index is 10.2. The van der Waals surface area contributed by atoms with E-state index in [1.807, 2.05) is 0 Å². The highest BCUT2D eigenvalue weighted by atomic mass is 16.5. The van der Waals surface area contributed by atoms with E-state index in [1.54, 1.807) is 0 Å². The van der Waals surface area contributed by atoms with Gasteiger partial charge in [0, 0.05) is 6.92 Å². The van der Waals surface area contributed by atoms with Crippen molar-refractivity contribution in [3.63, 3.8) is 0 Å². The minimum atomic E-state index is -1.13. The number of ether oxygens (including phenoxy) is 1. The Kier molecular flexibility index (Phi) is 3.17. The molecule has 0 rings (SSSR count). The average molecular weight is 144 g/mol. The van der Waals surface area contributed by atoms with E-state index in [9.17, 15) is 9.59 Å². The van der Waals surface area contributed by atoms with Crippen molar-refractivity contribution in [3.05, 3.63) is 11.8 Å². The van der Waals surface area contributed by atoms with Gasteiger partial charge < -0.3 is 9.84 Å². The van der Waals surface area contributed by atoms with Gasteiger partial charge in [0.05, 0.1) is 6.08 Å². The molecule has 0 aromatic heterocycles. The second-order valence-electron chi connectivity index (χ2n) is 1.69. The Morgan fingerprint density at radius 2 is 1.90 bits per heavy atom. The number of rotatable bonds is 2. The molecule has 0 radical (unpaired) electrons. The van der Waals surface area contributed by atoms with Crippen LogP contribution in [0.3, 0.4) is 0 Å². The van der Waals surface area contributed by atoms with Crippen molar-refractivity contribution < 1.29 is 19.4 Å². The highest BCUT2D eigenvalue weighted by Crippen LogP contribution is 1.94. The van der Waals surface area contributed by atoms with Crippen molar-refractivity contribution >= 4 is 11.9 Å². The first kappa shape index (κ1) is 8.68. The Morgan fingerprint density at radius 3 is 2.20 bits per heavy atom. The molecule has 4 nitrogen and oxygen atoms in total. The molecule has 0 amide bonds. The molecule has 0 aliphatic carbocycles. The summed E-state index contributed by atoms with van der Waals surface area (Å²) >= 11 is 0. The minimum Gasteiger partial charge on any atom is -0.478 e. The van der Waals surface area contributed by atoms with Crippen molar-refractivity contribution in [2.24, 2.45) is 0 Å². The van der Waals surface area contributed by atoms with E-state index in [2.05, 4.69) is 4.74 Å². The second-order valence-corrected chi connectivity index (χ2v) is 1.69. The average Bonchev–Trinajstić information content (AvgIpc) is 1.58. The lowest BCUT2D eigenvalue weighted by atomic mass is 10.5. The van der Waals surface area contributed by atoms with Crippen LogP contribution in [0.4, 0.5) is 0 Å². The molecule has 0 fully saturated rings. The smallest absolute Gasteiger partial charge is 0.331 e. The molecule has 0 atom stereocenters. The third kappa shape index (κ3) is 4.83. The van der Waals surface area contributed by atoms with Gasteiger partial charge in [-0.3, -0.25) is 4.79 Å². The topological polar surface area (TPSA) is 63.6 Å². The highest BCUT2D eigenvalue weighted by Gasteiger charge is 1.96. The van der Waals surface area contributed by atoms with Gasteiger partial charge >= 0.3 is 11.9 Å². The molecule has 0 heterocycles. The lowest BCUT2D eigenvalue weighted by Gasteiger charge is -1.96. The molecule has 0 aromatic carbocycles. The van der Waals surface area contributed by atoms with Crippen molar-refractivity contribution in [2.75, 3.05) is 0 Å². The van der Waals surface area contributed by atoms with Gasteiger partial charge in [0.1, 0.15) is 5.76 Å². The van der Waals surface area contributed by atoms with Crippen LogP contribution in [-0.2, 0) is 14.3 Å². The first-order valence-corrected chi connectivity index (χ1v) is 2.62. The predicted molar refractivity (Wildman–Crippen MR) is 33.2 cm³/mol. The van der Waals surface area contributed by atoms with Crippen molar-refractivity contribution in [1.29, 1.82) is 0 Å². The van der Waals surface area contributed by atoms with Crippen molar-refractivity contribution in [2.45, 2.75) is 13.8 Å². The van der Waals surface area contributed by atoms with Crippen LogP contribution in [0, 0.1) is 0 Å². The van der Waals surface area contributed by atoms with Crippen LogP contribution >= 0.6 is 0 Å². The number of hydrogen-bond donors (Lipinski definition) is 1. The number of hydrogen-bond acceptors (Lipinski definition) is 3. The maximum Gasteiger partial charge on any atom is 0.331 e. The molecule has 4 heteroatoms. The summed E-state index contributed by atoms with van der Waals surface area (Å²) in [5.74, 6) is -1.56. The van der Waals surface area contributed by atoms with Crippen molar-refractivity contribution in [1.82, 2.24) is 0 Å². The molecule has 1 N–H and O–H groups in total. The second kappa shape index (κ2) is 3.66. The zero-order valence-electron chi connectivity index (χ0n) is 5.75. The summed E-state index contributed by atoms with van der Waals surface area (Å²) in [5, 5.41) is 8.13. The van der Waals surface area contributed by atoms with Gasteiger partial charge in [0.25, 0.3) is 0 Å². The molecule has 0 bridgehead atoms. The maximum atomic E-state index is 10.2. The van der Waals surface area contributed by atoms with Gasteiger partial charge in [-0.15, -0.1) is 0 Å². The molecule has 0 saturated heterocycles. The Hall–Kier alpha value is -1.32. The molecule has 0 aliphatic rings. The molecular weight excluding hydrogens is 136 g/mol. The van der Waals surface area contributed by atoms with E-state index in [0.29, 0.717) is 0 Å². The van der Waals surface area contributed by atoms with Crippen LogP contribution in [-0.4, -0.2) is 17.0 Å². The number of carboxylic acid groups (broad SMARTS) is 1. The van der Waals surface area contributed by atoms with E-state index >= 15 is 0 Å². The molecule has 0 unspecified atom stereocenters. The fourth-order valence-electron chi connectivity index (χ4n) is 0.430. The van der Waals surface area contributed by atoms with Gasteiger partial charge in [-0.05, 0) is 6.92 Å². The van der Waals surface area contributed by atoms with Crippen LogP contribution in [0.15, 0.2) is 11.8 Å². The van der Waals surface area contributed by atoms with E-state index in [0.717, 1.165) is 6.08 Å². The summed E-state index contributed by atoms with van der Waals surface area (Å²) in [4.78, 5) is 20.1. The standard InChI is InChI=1S/C6H8O4/c1-4(3-6(8)9)10-5(2)7/h3H,1-2H3,(H,8,9). The van der Waals surface area contributed by atoms with Gasteiger partial charge in [0.2, 0.25) is 0 Å². The normalized spacial score (nSPS) is 10.8. The molecule has 56 valence electrons. The van der Waals surface area contributed by atoms with E-state index in [1.165, 1.54) is 13.8 Å². The molecule has 0 saturated carbocycles. The predicted octanol–water partition coefficient (Wildman–Crippen LogP) is 0.538. The van der Waals surface area contributed by atoms with Gasteiger partial charge in [-0.25, -0.2) is 4.79 Å². The summed E-state index contributed by atoms with van der Waals surface area (Å²) in [6.45, 7) is 2.61. The summed E-state index contributed by atoms with van der Waals surface area (Å²) < 4.78 is 4.40. The van der Waals surface area contributed by atoms with Crippen LogP contribution in [0.2, 0.25) is 0 Å². The number of esters is 1. The molecule has 0 spiro atoms. The van der Waals surface area contributed by atoms with Crippen LogP contribution in [0.25, 0.3) is 0 Å². The Labute approximate surface area is 58.1 Å². The van der Waals surface area contributed by atoms with Crippen LogP contribution in [0.5, 0.6) is 0 Å².